The van der Waals surface area contributed by atoms with E-state index in [9.17, 15) is 10.1 Å². The molecule has 0 aliphatic carbocycles. The maximum Gasteiger partial charge on any atom is 0.272 e. The molecule has 0 bridgehead atoms. The van der Waals surface area contributed by atoms with E-state index in [4.69, 9.17) is 0 Å². The van der Waals surface area contributed by atoms with Gasteiger partial charge < -0.3 is 0 Å². The van der Waals surface area contributed by atoms with Gasteiger partial charge in [0.05, 0.1) is 4.92 Å². The molecule has 4 nitrogen and oxygen atoms in total. The Balaban J connectivity index is 2.10. The summed E-state index contributed by atoms with van der Waals surface area (Å²) in [6, 6.07) is 5.94. The lowest BCUT2D eigenvalue weighted by Gasteiger charge is -2.31. The van der Waals surface area contributed by atoms with Crippen molar-refractivity contribution < 1.29 is 4.92 Å². The summed E-state index contributed by atoms with van der Waals surface area (Å²) in [6.07, 6.45) is 3.18. The highest BCUT2D eigenvalue weighted by atomic mass is 16.6. The van der Waals surface area contributed by atoms with E-state index < -0.39 is 0 Å². The molecule has 0 amide bonds. The van der Waals surface area contributed by atoms with Crippen LogP contribution in [-0.2, 0) is 6.42 Å². The third-order valence-corrected chi connectivity index (χ3v) is 3.76. The van der Waals surface area contributed by atoms with Crippen molar-refractivity contribution in [2.75, 3.05) is 13.1 Å². The lowest BCUT2D eigenvalue weighted by Crippen LogP contribution is -2.31. The maximum absolute atomic E-state index is 11.0. The molecule has 1 aromatic rings. The molecule has 0 N–H and O–H groups in total. The average molecular weight is 218 g/mol. The third kappa shape index (κ3) is 1.33. The summed E-state index contributed by atoms with van der Waals surface area (Å²) in [5.41, 5.74) is 2.47. The van der Waals surface area contributed by atoms with Crippen LogP contribution in [0.3, 0.4) is 0 Å². The van der Waals surface area contributed by atoms with Crippen LogP contribution in [0.5, 0.6) is 0 Å². The number of nitro benzene ring substituents is 1. The lowest BCUT2D eigenvalue weighted by molar-refractivity contribution is -0.385. The van der Waals surface area contributed by atoms with Gasteiger partial charge in [-0.3, -0.25) is 15.0 Å². The van der Waals surface area contributed by atoms with Gasteiger partial charge in [-0.15, -0.1) is 0 Å². The van der Waals surface area contributed by atoms with Crippen molar-refractivity contribution in [1.82, 2.24) is 4.90 Å². The number of fused-ring (bicyclic) bond motifs is 3. The summed E-state index contributed by atoms with van der Waals surface area (Å²) in [7, 11) is 0. The molecule has 0 spiro atoms. The minimum absolute atomic E-state index is 0.247. The summed E-state index contributed by atoms with van der Waals surface area (Å²) >= 11 is 0. The topological polar surface area (TPSA) is 46.4 Å². The van der Waals surface area contributed by atoms with E-state index in [0.717, 1.165) is 31.5 Å². The Morgan fingerprint density at radius 1 is 1.38 bits per heavy atom. The molecule has 1 atom stereocenters. The van der Waals surface area contributed by atoms with Crippen molar-refractivity contribution >= 4 is 5.69 Å². The van der Waals surface area contributed by atoms with Crippen molar-refractivity contribution in [3.63, 3.8) is 0 Å². The molecule has 1 saturated heterocycles. The first-order valence-corrected chi connectivity index (χ1v) is 5.77. The van der Waals surface area contributed by atoms with Gasteiger partial charge in [-0.25, -0.2) is 0 Å². The highest BCUT2D eigenvalue weighted by molar-refractivity contribution is 5.48. The van der Waals surface area contributed by atoms with Crippen molar-refractivity contribution in [3.8, 4) is 0 Å². The quantitative estimate of drug-likeness (QED) is 0.536. The van der Waals surface area contributed by atoms with Crippen molar-refractivity contribution in [2.24, 2.45) is 0 Å². The lowest BCUT2D eigenvalue weighted by atomic mass is 9.91. The SMILES string of the molecule is O=[N+]([O-])c1cccc2c1CCN1CCCC21. The Hall–Kier alpha value is -1.42. The Morgan fingerprint density at radius 2 is 2.25 bits per heavy atom. The van der Waals surface area contributed by atoms with Crippen LogP contribution in [0.15, 0.2) is 18.2 Å². The molecule has 16 heavy (non-hydrogen) atoms. The number of nitro groups is 1. The van der Waals surface area contributed by atoms with Gasteiger partial charge in [-0.1, -0.05) is 12.1 Å². The summed E-state index contributed by atoms with van der Waals surface area (Å²) in [5.74, 6) is 0. The zero-order chi connectivity index (χ0) is 11.1. The minimum Gasteiger partial charge on any atom is -0.296 e. The summed E-state index contributed by atoms with van der Waals surface area (Å²) in [5, 5.41) is 11.0. The number of nitrogens with zero attached hydrogens (tertiary/aromatic N) is 2. The fraction of sp³-hybridized carbons (Fsp3) is 0.500. The van der Waals surface area contributed by atoms with Gasteiger partial charge in [0.25, 0.3) is 5.69 Å². The van der Waals surface area contributed by atoms with Gasteiger partial charge in [-0.05, 0) is 31.4 Å². The molecule has 3 rings (SSSR count). The molecular formula is C12H14N2O2. The molecule has 1 unspecified atom stereocenters. The van der Waals surface area contributed by atoms with Gasteiger partial charge in [0, 0.05) is 24.2 Å². The van der Waals surface area contributed by atoms with E-state index in [-0.39, 0.29) is 4.92 Å². The molecule has 1 fully saturated rings. The van der Waals surface area contributed by atoms with Crippen LogP contribution >= 0.6 is 0 Å². The Labute approximate surface area is 94.0 Å². The van der Waals surface area contributed by atoms with E-state index in [1.807, 2.05) is 6.07 Å². The van der Waals surface area contributed by atoms with Crippen molar-refractivity contribution in [1.29, 1.82) is 0 Å². The fourth-order valence-electron chi connectivity index (χ4n) is 3.05. The zero-order valence-corrected chi connectivity index (χ0v) is 9.06. The van der Waals surface area contributed by atoms with Gasteiger partial charge >= 0.3 is 0 Å². The van der Waals surface area contributed by atoms with Crippen LogP contribution in [0, 0.1) is 10.1 Å². The van der Waals surface area contributed by atoms with E-state index in [2.05, 4.69) is 11.0 Å². The third-order valence-electron chi connectivity index (χ3n) is 3.76. The first kappa shape index (κ1) is 9.78. The summed E-state index contributed by atoms with van der Waals surface area (Å²) in [4.78, 5) is 13.2. The second-order valence-electron chi connectivity index (χ2n) is 4.55. The van der Waals surface area contributed by atoms with E-state index in [1.54, 1.807) is 6.07 Å². The predicted octanol–water partition coefficient (Wildman–Crippen LogP) is 2.29. The van der Waals surface area contributed by atoms with E-state index >= 15 is 0 Å². The first-order chi connectivity index (χ1) is 7.77. The summed E-state index contributed by atoms with van der Waals surface area (Å²) < 4.78 is 0. The molecule has 2 aliphatic heterocycles. The van der Waals surface area contributed by atoms with Crippen LogP contribution in [0.1, 0.15) is 30.0 Å². The Bertz CT molecular complexity index is 445. The Kier molecular flexibility index (Phi) is 2.17. The van der Waals surface area contributed by atoms with Gasteiger partial charge in [-0.2, -0.15) is 0 Å². The van der Waals surface area contributed by atoms with Crippen LogP contribution in [0.25, 0.3) is 0 Å². The standard InChI is InChI=1S/C12H14N2O2/c15-14(16)12-4-1-3-9-10(12)6-8-13-7-2-5-11(9)13/h1,3-4,11H,2,5-8H2. The normalized spacial score (nSPS) is 23.9. The number of hydrogen-bond acceptors (Lipinski definition) is 3. The van der Waals surface area contributed by atoms with Gasteiger partial charge in [0.2, 0.25) is 0 Å². The van der Waals surface area contributed by atoms with Crippen molar-refractivity contribution in [2.45, 2.75) is 25.3 Å². The molecule has 84 valence electrons. The van der Waals surface area contributed by atoms with Crippen LogP contribution < -0.4 is 0 Å². The predicted molar refractivity (Wildman–Crippen MR) is 60.3 cm³/mol. The molecule has 4 heteroatoms. The summed E-state index contributed by atoms with van der Waals surface area (Å²) in [6.45, 7) is 2.12. The highest BCUT2D eigenvalue weighted by Gasteiger charge is 2.33. The second-order valence-corrected chi connectivity index (χ2v) is 4.55. The number of benzene rings is 1. The van der Waals surface area contributed by atoms with Gasteiger partial charge in [0.1, 0.15) is 0 Å². The second kappa shape index (κ2) is 3.56. The van der Waals surface area contributed by atoms with Crippen molar-refractivity contribution in [3.05, 3.63) is 39.4 Å². The molecular weight excluding hydrogens is 204 g/mol. The number of hydrogen-bond donors (Lipinski definition) is 0. The smallest absolute Gasteiger partial charge is 0.272 e. The largest absolute Gasteiger partial charge is 0.296 e. The van der Waals surface area contributed by atoms with Gasteiger partial charge in [0.15, 0.2) is 0 Å². The fourth-order valence-corrected chi connectivity index (χ4v) is 3.05. The van der Waals surface area contributed by atoms with E-state index in [0.29, 0.717) is 11.7 Å². The monoisotopic (exact) mass is 218 g/mol. The van der Waals surface area contributed by atoms with E-state index in [1.165, 1.54) is 12.0 Å². The average Bonchev–Trinajstić information content (AvgIpc) is 2.76. The molecule has 0 radical (unpaired) electrons. The highest BCUT2D eigenvalue weighted by Crippen LogP contribution is 2.40. The first-order valence-electron chi connectivity index (χ1n) is 5.77. The molecule has 2 heterocycles. The zero-order valence-electron chi connectivity index (χ0n) is 9.06. The van der Waals surface area contributed by atoms with Crippen LogP contribution in [0.4, 0.5) is 5.69 Å². The van der Waals surface area contributed by atoms with Crippen LogP contribution in [0.2, 0.25) is 0 Å². The van der Waals surface area contributed by atoms with Crippen LogP contribution in [-0.4, -0.2) is 22.9 Å². The number of rotatable bonds is 1. The molecule has 0 saturated carbocycles. The Morgan fingerprint density at radius 3 is 3.06 bits per heavy atom. The maximum atomic E-state index is 11.0. The molecule has 2 aliphatic rings. The minimum atomic E-state index is -0.247. The molecule has 1 aromatic carbocycles. The molecule has 0 aromatic heterocycles.